The zero-order valence-corrected chi connectivity index (χ0v) is 9.73. The molecule has 2 N–H and O–H groups in total. The molecular weight excluding hydrogens is 194 g/mol. The summed E-state index contributed by atoms with van der Waals surface area (Å²) >= 11 is 1.61. The van der Waals surface area contributed by atoms with Gasteiger partial charge in [0.15, 0.2) is 5.78 Å². The Labute approximate surface area is 89.1 Å². The molecule has 0 aromatic carbocycles. The predicted molar refractivity (Wildman–Crippen MR) is 60.8 cm³/mol. The molecule has 0 amide bonds. The van der Waals surface area contributed by atoms with Gasteiger partial charge in [-0.2, -0.15) is 0 Å². The van der Waals surface area contributed by atoms with Gasteiger partial charge < -0.3 is 5.73 Å². The van der Waals surface area contributed by atoms with Gasteiger partial charge in [0, 0.05) is 28.3 Å². The first-order valence-electron chi connectivity index (χ1n) is 4.84. The summed E-state index contributed by atoms with van der Waals surface area (Å²) in [6.07, 6.45) is 0.452. The van der Waals surface area contributed by atoms with E-state index in [1.807, 2.05) is 32.2 Å². The zero-order chi connectivity index (χ0) is 10.7. The van der Waals surface area contributed by atoms with E-state index in [0.717, 1.165) is 5.56 Å². The maximum atomic E-state index is 11.7. The average Bonchev–Trinajstić information content (AvgIpc) is 2.51. The van der Waals surface area contributed by atoms with Gasteiger partial charge in [-0.15, -0.1) is 11.3 Å². The van der Waals surface area contributed by atoms with Gasteiger partial charge >= 0.3 is 0 Å². The van der Waals surface area contributed by atoms with Crippen LogP contribution in [0.3, 0.4) is 0 Å². The smallest absolute Gasteiger partial charge is 0.165 e. The van der Waals surface area contributed by atoms with Crippen molar-refractivity contribution < 1.29 is 4.79 Å². The summed E-state index contributed by atoms with van der Waals surface area (Å²) in [7, 11) is 0. The summed E-state index contributed by atoms with van der Waals surface area (Å²) in [6, 6.07) is 1.91. The lowest BCUT2D eigenvalue weighted by Crippen LogP contribution is -2.29. The molecule has 78 valence electrons. The molecule has 0 fully saturated rings. The Bertz CT molecular complexity index is 317. The van der Waals surface area contributed by atoms with Gasteiger partial charge in [0.1, 0.15) is 0 Å². The van der Waals surface area contributed by atoms with Gasteiger partial charge in [-0.3, -0.25) is 4.79 Å². The summed E-state index contributed by atoms with van der Waals surface area (Å²) in [6.45, 7) is 6.08. The fraction of sp³-hybridized carbons (Fsp3) is 0.545. The van der Waals surface area contributed by atoms with Crippen LogP contribution in [-0.4, -0.2) is 11.8 Å². The zero-order valence-electron chi connectivity index (χ0n) is 8.91. The van der Waals surface area contributed by atoms with Crippen LogP contribution in [-0.2, 0) is 0 Å². The van der Waals surface area contributed by atoms with Gasteiger partial charge in [-0.1, -0.05) is 13.8 Å². The summed E-state index contributed by atoms with van der Waals surface area (Å²) in [4.78, 5) is 12.9. The van der Waals surface area contributed by atoms with Gasteiger partial charge in [0.2, 0.25) is 0 Å². The van der Waals surface area contributed by atoms with Crippen LogP contribution in [0.5, 0.6) is 0 Å². The number of carbonyl (C=O) groups excluding carboxylic acids is 1. The van der Waals surface area contributed by atoms with E-state index >= 15 is 0 Å². The van der Waals surface area contributed by atoms with E-state index in [0.29, 0.717) is 12.3 Å². The largest absolute Gasteiger partial charge is 0.327 e. The average molecular weight is 211 g/mol. The number of Topliss-reactive ketones (excluding diaryl/α,β-unsaturated/α-hetero) is 1. The number of carbonyl (C=O) groups is 1. The first kappa shape index (κ1) is 11.4. The van der Waals surface area contributed by atoms with Crippen LogP contribution in [0.1, 0.15) is 35.5 Å². The summed E-state index contributed by atoms with van der Waals surface area (Å²) in [5.41, 5.74) is 6.65. The molecule has 1 aromatic heterocycles. The maximum Gasteiger partial charge on any atom is 0.165 e. The molecule has 0 spiro atoms. The molecule has 0 radical (unpaired) electrons. The molecule has 0 aliphatic heterocycles. The highest BCUT2D eigenvalue weighted by atomic mass is 32.1. The van der Waals surface area contributed by atoms with Crippen molar-refractivity contribution in [2.24, 2.45) is 11.7 Å². The van der Waals surface area contributed by atoms with Crippen LogP contribution in [0.4, 0.5) is 0 Å². The number of hydrogen-bond acceptors (Lipinski definition) is 3. The van der Waals surface area contributed by atoms with Crippen LogP contribution < -0.4 is 5.73 Å². The van der Waals surface area contributed by atoms with E-state index in [1.54, 1.807) is 11.3 Å². The second-order valence-electron chi connectivity index (χ2n) is 3.98. The third kappa shape index (κ3) is 2.93. The number of ketones is 1. The minimum atomic E-state index is -0.0253. The van der Waals surface area contributed by atoms with Crippen molar-refractivity contribution in [2.75, 3.05) is 0 Å². The molecule has 0 aliphatic rings. The molecule has 2 nitrogen and oxygen atoms in total. The molecule has 1 aromatic rings. The van der Waals surface area contributed by atoms with Crippen molar-refractivity contribution in [3.63, 3.8) is 0 Å². The SMILES string of the molecule is Cc1cc(C(=O)CC(N)C(C)C)cs1. The number of aryl methyl sites for hydroxylation is 1. The number of hydrogen-bond donors (Lipinski definition) is 1. The number of rotatable bonds is 4. The predicted octanol–water partition coefficient (Wildman–Crippen LogP) is 2.61. The molecule has 0 aliphatic carbocycles. The first-order valence-corrected chi connectivity index (χ1v) is 5.72. The quantitative estimate of drug-likeness (QED) is 0.778. The van der Waals surface area contributed by atoms with E-state index in [4.69, 9.17) is 5.73 Å². The molecule has 0 bridgehead atoms. The number of thiophene rings is 1. The molecule has 1 heterocycles. The van der Waals surface area contributed by atoms with Crippen LogP contribution >= 0.6 is 11.3 Å². The Kier molecular flexibility index (Phi) is 3.84. The summed E-state index contributed by atoms with van der Waals surface area (Å²) in [5.74, 6) is 0.522. The van der Waals surface area contributed by atoms with Gasteiger partial charge in [0.05, 0.1) is 0 Å². The van der Waals surface area contributed by atoms with Crippen molar-refractivity contribution in [3.8, 4) is 0 Å². The minimum absolute atomic E-state index is 0.0253. The van der Waals surface area contributed by atoms with E-state index in [9.17, 15) is 4.79 Å². The highest BCUT2D eigenvalue weighted by molar-refractivity contribution is 7.10. The van der Waals surface area contributed by atoms with Gasteiger partial charge in [0.25, 0.3) is 0 Å². The van der Waals surface area contributed by atoms with Crippen LogP contribution in [0, 0.1) is 12.8 Å². The van der Waals surface area contributed by atoms with Crippen LogP contribution in [0.25, 0.3) is 0 Å². The molecule has 0 saturated carbocycles. The molecule has 3 heteroatoms. The van der Waals surface area contributed by atoms with Gasteiger partial charge in [-0.25, -0.2) is 0 Å². The number of nitrogens with two attached hydrogens (primary N) is 1. The summed E-state index contributed by atoms with van der Waals surface area (Å²) < 4.78 is 0. The molecule has 1 atom stereocenters. The fourth-order valence-corrected chi connectivity index (χ4v) is 1.86. The third-order valence-electron chi connectivity index (χ3n) is 2.33. The first-order chi connectivity index (χ1) is 6.50. The Morgan fingerprint density at radius 1 is 1.57 bits per heavy atom. The van der Waals surface area contributed by atoms with Crippen molar-refractivity contribution in [3.05, 3.63) is 21.9 Å². The normalized spacial score (nSPS) is 13.2. The highest BCUT2D eigenvalue weighted by Gasteiger charge is 2.15. The lowest BCUT2D eigenvalue weighted by atomic mass is 9.98. The summed E-state index contributed by atoms with van der Waals surface area (Å²) in [5, 5.41) is 1.91. The molecule has 1 unspecified atom stereocenters. The topological polar surface area (TPSA) is 43.1 Å². The second-order valence-corrected chi connectivity index (χ2v) is 5.10. The lowest BCUT2D eigenvalue weighted by Gasteiger charge is -2.13. The Morgan fingerprint density at radius 2 is 2.21 bits per heavy atom. The Morgan fingerprint density at radius 3 is 2.64 bits per heavy atom. The van der Waals surface area contributed by atoms with Gasteiger partial charge in [-0.05, 0) is 18.9 Å². The van der Waals surface area contributed by atoms with Crippen molar-refractivity contribution in [1.82, 2.24) is 0 Å². The minimum Gasteiger partial charge on any atom is -0.327 e. The second kappa shape index (κ2) is 4.71. The van der Waals surface area contributed by atoms with E-state index in [2.05, 4.69) is 0 Å². The monoisotopic (exact) mass is 211 g/mol. The molecule has 0 saturated heterocycles. The maximum absolute atomic E-state index is 11.7. The third-order valence-corrected chi connectivity index (χ3v) is 3.19. The van der Waals surface area contributed by atoms with Crippen molar-refractivity contribution in [2.45, 2.75) is 33.2 Å². The lowest BCUT2D eigenvalue weighted by molar-refractivity contribution is 0.0968. The van der Waals surface area contributed by atoms with E-state index < -0.39 is 0 Å². The Balaban J connectivity index is 2.59. The van der Waals surface area contributed by atoms with E-state index in [-0.39, 0.29) is 11.8 Å². The van der Waals surface area contributed by atoms with Crippen LogP contribution in [0.15, 0.2) is 11.4 Å². The van der Waals surface area contributed by atoms with E-state index in [1.165, 1.54) is 4.88 Å². The molecule has 14 heavy (non-hydrogen) atoms. The Hall–Kier alpha value is -0.670. The highest BCUT2D eigenvalue weighted by Crippen LogP contribution is 2.16. The molecular formula is C11H17NOS. The molecule has 1 rings (SSSR count). The standard InChI is InChI=1S/C11H17NOS/c1-7(2)10(12)5-11(13)9-4-8(3)14-6-9/h4,6-7,10H,5,12H2,1-3H3. The van der Waals surface area contributed by atoms with Crippen molar-refractivity contribution >= 4 is 17.1 Å². The van der Waals surface area contributed by atoms with Crippen LogP contribution in [0.2, 0.25) is 0 Å². The fourth-order valence-electron chi connectivity index (χ4n) is 1.16. The van der Waals surface area contributed by atoms with Crippen molar-refractivity contribution in [1.29, 1.82) is 0 Å².